The molecule has 2 fully saturated rings. The Morgan fingerprint density at radius 1 is 1.25 bits per heavy atom. The minimum absolute atomic E-state index is 0.114. The molecule has 0 aromatic rings. The van der Waals surface area contributed by atoms with Gasteiger partial charge in [0.15, 0.2) is 0 Å². The fraction of sp³-hybridized carbons (Fsp3) is 0.526. The van der Waals surface area contributed by atoms with Crippen LogP contribution in [0.5, 0.6) is 0 Å². The van der Waals surface area contributed by atoms with E-state index in [-0.39, 0.29) is 24.0 Å². The molecule has 0 spiro atoms. The van der Waals surface area contributed by atoms with E-state index < -0.39 is 6.09 Å². The second-order valence-corrected chi connectivity index (χ2v) is 7.33. The summed E-state index contributed by atoms with van der Waals surface area (Å²) in [5, 5.41) is 6.15. The maximum absolute atomic E-state index is 12.4. The number of nitrogens with one attached hydrogen (secondary N) is 2. The summed E-state index contributed by atoms with van der Waals surface area (Å²) in [6.07, 6.45) is 7.66. The topological polar surface area (TPSA) is 135 Å². The van der Waals surface area contributed by atoms with Crippen LogP contribution < -0.4 is 22.1 Å². The zero-order chi connectivity index (χ0) is 20.3. The number of amidine groups is 1. The summed E-state index contributed by atoms with van der Waals surface area (Å²) >= 11 is 0. The molecule has 0 bridgehead atoms. The maximum atomic E-state index is 12.4. The molecule has 0 aromatic heterocycles. The van der Waals surface area contributed by atoms with Crippen LogP contribution in [-0.4, -0.2) is 48.0 Å². The lowest BCUT2D eigenvalue weighted by Gasteiger charge is -2.31. The molecular weight excluding hydrogens is 360 g/mol. The summed E-state index contributed by atoms with van der Waals surface area (Å²) in [6, 6.07) is 0.445. The quantitative estimate of drug-likeness (QED) is 0.550. The highest BCUT2D eigenvalue weighted by atomic mass is 16.5. The lowest BCUT2D eigenvalue weighted by Crippen LogP contribution is -2.44. The Morgan fingerprint density at radius 2 is 1.86 bits per heavy atom. The van der Waals surface area contributed by atoms with Crippen LogP contribution in [0.1, 0.15) is 38.5 Å². The van der Waals surface area contributed by atoms with Crippen LogP contribution in [0, 0.1) is 0 Å². The summed E-state index contributed by atoms with van der Waals surface area (Å²) in [4.78, 5) is 29.9. The first-order chi connectivity index (χ1) is 13.4. The number of methoxy groups -OCH3 is 1. The number of carbonyl (C=O) groups excluding carboxylic acids is 2. The smallest absolute Gasteiger partial charge is 0.407 e. The van der Waals surface area contributed by atoms with Crippen LogP contribution in [-0.2, 0) is 9.53 Å². The molecule has 0 aromatic carbocycles. The molecule has 9 nitrogen and oxygen atoms in total. The second kappa shape index (κ2) is 8.37. The number of ether oxygens (including phenoxy) is 1. The van der Waals surface area contributed by atoms with Crippen LogP contribution in [0.15, 0.2) is 40.9 Å². The summed E-state index contributed by atoms with van der Waals surface area (Å²) in [6.45, 7) is 4.00. The lowest BCUT2D eigenvalue weighted by atomic mass is 9.91. The summed E-state index contributed by atoms with van der Waals surface area (Å²) in [5.41, 5.74) is 12.6. The molecule has 0 unspecified atom stereocenters. The fourth-order valence-corrected chi connectivity index (χ4v) is 3.62. The van der Waals surface area contributed by atoms with Gasteiger partial charge in [0.2, 0.25) is 0 Å². The Hall–Kier alpha value is -2.97. The third kappa shape index (κ3) is 4.47. The predicted molar refractivity (Wildman–Crippen MR) is 106 cm³/mol. The molecule has 0 atom stereocenters. The molecule has 3 aliphatic rings. The van der Waals surface area contributed by atoms with Crippen LogP contribution in [0.25, 0.3) is 0 Å². The van der Waals surface area contributed by atoms with Gasteiger partial charge in [0, 0.05) is 36.1 Å². The van der Waals surface area contributed by atoms with Gasteiger partial charge in [-0.3, -0.25) is 9.69 Å². The van der Waals surface area contributed by atoms with E-state index in [4.69, 9.17) is 11.5 Å². The Labute approximate surface area is 164 Å². The highest BCUT2D eigenvalue weighted by Gasteiger charge is 2.39. The number of hydrogen-bond donors (Lipinski definition) is 4. The highest BCUT2D eigenvalue weighted by molar-refractivity contribution is 6.17. The zero-order valence-electron chi connectivity index (χ0n) is 16.1. The number of carbonyl (C=O) groups is 2. The van der Waals surface area contributed by atoms with Crippen molar-refractivity contribution in [1.29, 1.82) is 0 Å². The standard InChI is InChI=1S/C19H28N6O3/c1-11(22-12-3-5-13(6-4-12)24-19(27)28-2)23-18-15(10-20)16(21)9-17(26)25(18)14-7-8-14/h9-10,12-14,22H,1,3-8,20-21H2,2H3,(H,24,27)/b15-10-,23-18+. The molecule has 0 saturated heterocycles. The van der Waals surface area contributed by atoms with Gasteiger partial charge in [-0.05, 0) is 38.5 Å². The minimum Gasteiger partial charge on any atom is -0.453 e. The summed E-state index contributed by atoms with van der Waals surface area (Å²) in [7, 11) is 1.36. The Bertz CT molecular complexity index is 745. The molecule has 152 valence electrons. The number of nitrogens with zero attached hydrogens (tertiary/aromatic N) is 2. The van der Waals surface area contributed by atoms with Crippen molar-refractivity contribution in [2.75, 3.05) is 7.11 Å². The predicted octanol–water partition coefficient (Wildman–Crippen LogP) is 0.803. The molecule has 1 aliphatic heterocycles. The molecule has 2 amide bonds. The molecule has 1 heterocycles. The van der Waals surface area contributed by atoms with Crippen molar-refractivity contribution < 1.29 is 14.3 Å². The van der Waals surface area contributed by atoms with Crippen molar-refractivity contribution in [3.63, 3.8) is 0 Å². The normalized spacial score (nSPS) is 28.1. The number of hydrogen-bond acceptors (Lipinski definition) is 7. The van der Waals surface area contributed by atoms with Gasteiger partial charge in [-0.15, -0.1) is 0 Å². The van der Waals surface area contributed by atoms with E-state index in [2.05, 4.69) is 26.9 Å². The number of aliphatic imine (C=N–C) groups is 1. The molecular formula is C19H28N6O3. The monoisotopic (exact) mass is 388 g/mol. The highest BCUT2D eigenvalue weighted by Crippen LogP contribution is 2.32. The van der Waals surface area contributed by atoms with Crippen molar-refractivity contribution in [3.05, 3.63) is 35.9 Å². The van der Waals surface area contributed by atoms with Gasteiger partial charge in [0.25, 0.3) is 5.91 Å². The largest absolute Gasteiger partial charge is 0.453 e. The first kappa shape index (κ1) is 19.8. The van der Waals surface area contributed by atoms with Gasteiger partial charge in [0.1, 0.15) is 11.7 Å². The molecule has 2 saturated carbocycles. The van der Waals surface area contributed by atoms with E-state index in [0.717, 1.165) is 38.5 Å². The van der Waals surface area contributed by atoms with E-state index in [0.29, 0.717) is 22.9 Å². The van der Waals surface area contributed by atoms with Gasteiger partial charge >= 0.3 is 6.09 Å². The maximum Gasteiger partial charge on any atom is 0.407 e. The van der Waals surface area contributed by atoms with Gasteiger partial charge in [-0.1, -0.05) is 6.58 Å². The number of nitrogens with two attached hydrogens (primary N) is 2. The summed E-state index contributed by atoms with van der Waals surface area (Å²) in [5.74, 6) is 0.743. The van der Waals surface area contributed by atoms with Gasteiger partial charge in [-0.25, -0.2) is 9.79 Å². The zero-order valence-corrected chi connectivity index (χ0v) is 16.1. The molecule has 6 N–H and O–H groups in total. The van der Waals surface area contributed by atoms with E-state index in [9.17, 15) is 9.59 Å². The Kier molecular flexibility index (Phi) is 5.91. The number of amides is 2. The molecule has 0 radical (unpaired) electrons. The Balaban J connectivity index is 1.64. The summed E-state index contributed by atoms with van der Waals surface area (Å²) < 4.78 is 4.64. The third-order valence-electron chi connectivity index (χ3n) is 5.22. The van der Waals surface area contributed by atoms with Gasteiger partial charge in [0.05, 0.1) is 12.7 Å². The average Bonchev–Trinajstić information content (AvgIpc) is 3.48. The van der Waals surface area contributed by atoms with E-state index in [1.54, 1.807) is 4.90 Å². The third-order valence-corrected chi connectivity index (χ3v) is 5.22. The first-order valence-corrected chi connectivity index (χ1v) is 9.54. The Morgan fingerprint density at radius 3 is 2.39 bits per heavy atom. The number of alkyl carbamates (subject to hydrolysis) is 1. The van der Waals surface area contributed by atoms with Crippen molar-refractivity contribution >= 4 is 17.8 Å². The molecule has 3 rings (SSSR count). The van der Waals surface area contributed by atoms with E-state index in [1.807, 2.05) is 0 Å². The molecule has 2 aliphatic carbocycles. The van der Waals surface area contributed by atoms with Gasteiger partial charge < -0.3 is 26.8 Å². The van der Waals surface area contributed by atoms with Crippen LogP contribution in [0.3, 0.4) is 0 Å². The minimum atomic E-state index is -0.402. The van der Waals surface area contributed by atoms with Crippen LogP contribution >= 0.6 is 0 Å². The van der Waals surface area contributed by atoms with Crippen molar-refractivity contribution in [2.24, 2.45) is 16.5 Å². The van der Waals surface area contributed by atoms with Crippen molar-refractivity contribution in [2.45, 2.75) is 56.7 Å². The van der Waals surface area contributed by atoms with Gasteiger partial charge in [-0.2, -0.15) is 0 Å². The lowest BCUT2D eigenvalue weighted by molar-refractivity contribution is -0.123. The van der Waals surface area contributed by atoms with Crippen LogP contribution in [0.4, 0.5) is 4.79 Å². The van der Waals surface area contributed by atoms with Crippen molar-refractivity contribution in [1.82, 2.24) is 15.5 Å². The van der Waals surface area contributed by atoms with Crippen LogP contribution in [0.2, 0.25) is 0 Å². The van der Waals surface area contributed by atoms with E-state index in [1.165, 1.54) is 19.4 Å². The SMILES string of the molecule is C=C(/N=C1\C(=C/N)C(N)=CC(=O)N1C1CC1)NC1CCC(NC(=O)OC)CC1. The molecule has 9 heteroatoms. The fourth-order valence-electron chi connectivity index (χ4n) is 3.62. The van der Waals surface area contributed by atoms with Crippen molar-refractivity contribution in [3.8, 4) is 0 Å². The average molecular weight is 388 g/mol. The second-order valence-electron chi connectivity index (χ2n) is 7.33. The van der Waals surface area contributed by atoms with E-state index >= 15 is 0 Å². The number of rotatable bonds is 5. The molecule has 28 heavy (non-hydrogen) atoms. The first-order valence-electron chi connectivity index (χ1n) is 9.54.